The highest BCUT2D eigenvalue weighted by atomic mass is 16.7. The minimum absolute atomic E-state index is 0.0352. The standard InChI is InChI=1S/C31H51NO7/c1-7-29(33)39-28-22-30(34)38-24(3)14-17-32(18-15-25-11-9-8-10-12-25)16-13-23(2)19-26(20-27(28)35-4)21-31(36-5)37-6/h8-12,23-24,26-28,31H,7,13-22H2,1-6H3. The van der Waals surface area contributed by atoms with Gasteiger partial charge < -0.3 is 28.6 Å². The van der Waals surface area contributed by atoms with E-state index in [1.54, 1.807) is 28.3 Å². The minimum Gasteiger partial charge on any atom is -0.463 e. The highest BCUT2D eigenvalue weighted by molar-refractivity contribution is 5.72. The molecule has 1 heterocycles. The molecule has 0 aromatic heterocycles. The number of cyclic esters (lactones) is 1. The summed E-state index contributed by atoms with van der Waals surface area (Å²) in [5, 5.41) is 0. The van der Waals surface area contributed by atoms with E-state index < -0.39 is 12.2 Å². The van der Waals surface area contributed by atoms with Gasteiger partial charge in [-0.1, -0.05) is 44.2 Å². The number of esters is 2. The third-order valence-corrected chi connectivity index (χ3v) is 7.69. The van der Waals surface area contributed by atoms with Gasteiger partial charge in [0.25, 0.3) is 0 Å². The van der Waals surface area contributed by atoms with E-state index in [1.165, 1.54) is 5.56 Å². The Morgan fingerprint density at radius 2 is 1.72 bits per heavy atom. The molecule has 8 heteroatoms. The average Bonchev–Trinajstić information content (AvgIpc) is 2.93. The van der Waals surface area contributed by atoms with Gasteiger partial charge in [0.05, 0.1) is 12.5 Å². The quantitative estimate of drug-likeness (QED) is 0.297. The summed E-state index contributed by atoms with van der Waals surface area (Å²) < 4.78 is 28.4. The van der Waals surface area contributed by atoms with E-state index in [2.05, 4.69) is 36.1 Å². The van der Waals surface area contributed by atoms with Crippen LogP contribution in [0.2, 0.25) is 0 Å². The zero-order valence-electron chi connectivity index (χ0n) is 24.9. The van der Waals surface area contributed by atoms with E-state index in [0.29, 0.717) is 18.8 Å². The Kier molecular flexibility index (Phi) is 15.6. The maximum Gasteiger partial charge on any atom is 0.309 e. The van der Waals surface area contributed by atoms with Crippen molar-refractivity contribution in [2.24, 2.45) is 11.8 Å². The van der Waals surface area contributed by atoms with Crippen molar-refractivity contribution in [1.82, 2.24) is 4.90 Å². The summed E-state index contributed by atoms with van der Waals surface area (Å²) in [5.74, 6) is -0.0825. The summed E-state index contributed by atoms with van der Waals surface area (Å²) in [4.78, 5) is 27.7. The van der Waals surface area contributed by atoms with Crippen molar-refractivity contribution in [3.63, 3.8) is 0 Å². The van der Waals surface area contributed by atoms with Crippen LogP contribution in [0.3, 0.4) is 0 Å². The van der Waals surface area contributed by atoms with Gasteiger partial charge in [-0.15, -0.1) is 0 Å². The van der Waals surface area contributed by atoms with Gasteiger partial charge in [0.2, 0.25) is 0 Å². The maximum absolute atomic E-state index is 12.9. The summed E-state index contributed by atoms with van der Waals surface area (Å²) in [6, 6.07) is 10.5. The van der Waals surface area contributed by atoms with Crippen LogP contribution in [0.5, 0.6) is 0 Å². The van der Waals surface area contributed by atoms with Gasteiger partial charge >= 0.3 is 11.9 Å². The van der Waals surface area contributed by atoms with Crippen LogP contribution in [-0.4, -0.2) is 82.4 Å². The lowest BCUT2D eigenvalue weighted by molar-refractivity contribution is -0.166. The molecule has 1 fully saturated rings. The molecule has 2 rings (SSSR count). The fourth-order valence-electron chi connectivity index (χ4n) is 5.30. The molecule has 5 unspecified atom stereocenters. The molecule has 1 aliphatic rings. The second kappa shape index (κ2) is 18.4. The summed E-state index contributed by atoms with van der Waals surface area (Å²) in [6.07, 6.45) is 3.49. The van der Waals surface area contributed by atoms with Crippen LogP contribution in [0, 0.1) is 11.8 Å². The smallest absolute Gasteiger partial charge is 0.309 e. The van der Waals surface area contributed by atoms with Gasteiger partial charge in [-0.25, -0.2) is 0 Å². The number of hydrogen-bond donors (Lipinski definition) is 0. The monoisotopic (exact) mass is 549 g/mol. The van der Waals surface area contributed by atoms with Crippen LogP contribution < -0.4 is 0 Å². The first kappa shape index (κ1) is 33.2. The summed E-state index contributed by atoms with van der Waals surface area (Å²) in [7, 11) is 4.89. The van der Waals surface area contributed by atoms with E-state index in [9.17, 15) is 9.59 Å². The zero-order valence-corrected chi connectivity index (χ0v) is 24.9. The van der Waals surface area contributed by atoms with E-state index in [4.69, 9.17) is 23.7 Å². The molecule has 1 aromatic carbocycles. The topological polar surface area (TPSA) is 83.5 Å². The third-order valence-electron chi connectivity index (χ3n) is 7.69. The first-order chi connectivity index (χ1) is 18.8. The second-order valence-electron chi connectivity index (χ2n) is 10.9. The van der Waals surface area contributed by atoms with Crippen LogP contribution in [0.1, 0.15) is 71.3 Å². The Morgan fingerprint density at radius 1 is 1.03 bits per heavy atom. The van der Waals surface area contributed by atoms with Crippen LogP contribution >= 0.6 is 0 Å². The molecule has 0 N–H and O–H groups in total. The molecule has 0 spiro atoms. The van der Waals surface area contributed by atoms with Gasteiger partial charge in [0, 0.05) is 47.3 Å². The normalized spacial score (nSPS) is 26.4. The predicted molar refractivity (Wildman–Crippen MR) is 151 cm³/mol. The van der Waals surface area contributed by atoms with E-state index in [-0.39, 0.29) is 43.1 Å². The summed E-state index contributed by atoms with van der Waals surface area (Å²) in [6.45, 7) is 8.75. The number of carbonyl (C=O) groups excluding carboxylic acids is 2. The van der Waals surface area contributed by atoms with E-state index >= 15 is 0 Å². The molecular weight excluding hydrogens is 498 g/mol. The van der Waals surface area contributed by atoms with Crippen LogP contribution in [0.15, 0.2) is 30.3 Å². The molecule has 222 valence electrons. The van der Waals surface area contributed by atoms with Crippen molar-refractivity contribution in [2.75, 3.05) is 41.0 Å². The van der Waals surface area contributed by atoms with Crippen molar-refractivity contribution < 1.29 is 33.3 Å². The first-order valence-electron chi connectivity index (χ1n) is 14.5. The first-order valence-corrected chi connectivity index (χ1v) is 14.5. The molecule has 5 atom stereocenters. The lowest BCUT2D eigenvalue weighted by Crippen LogP contribution is -2.38. The molecule has 0 radical (unpaired) electrons. The van der Waals surface area contributed by atoms with Crippen LogP contribution in [0.4, 0.5) is 0 Å². The van der Waals surface area contributed by atoms with Crippen molar-refractivity contribution >= 4 is 11.9 Å². The Bertz CT molecular complexity index is 816. The van der Waals surface area contributed by atoms with Gasteiger partial charge in [-0.05, 0) is 63.0 Å². The fourth-order valence-corrected chi connectivity index (χ4v) is 5.30. The third kappa shape index (κ3) is 12.8. The van der Waals surface area contributed by atoms with Gasteiger partial charge in [0.1, 0.15) is 12.2 Å². The molecule has 0 saturated carbocycles. The summed E-state index contributed by atoms with van der Waals surface area (Å²) >= 11 is 0. The highest BCUT2D eigenvalue weighted by Gasteiger charge is 2.32. The molecule has 8 nitrogen and oxygen atoms in total. The van der Waals surface area contributed by atoms with Crippen molar-refractivity contribution in [2.45, 2.75) is 96.7 Å². The molecule has 0 amide bonds. The molecule has 1 aromatic rings. The van der Waals surface area contributed by atoms with Crippen LogP contribution in [0.25, 0.3) is 0 Å². The Labute approximate surface area is 235 Å². The number of rotatable bonds is 10. The Balaban J connectivity index is 2.24. The highest BCUT2D eigenvalue weighted by Crippen LogP contribution is 2.29. The number of nitrogens with zero attached hydrogens (tertiary/aromatic N) is 1. The molecule has 1 aliphatic heterocycles. The Hall–Kier alpha value is -2.00. The lowest BCUT2D eigenvalue weighted by Gasteiger charge is -2.31. The second-order valence-corrected chi connectivity index (χ2v) is 10.9. The lowest BCUT2D eigenvalue weighted by atomic mass is 9.85. The van der Waals surface area contributed by atoms with Crippen molar-refractivity contribution in [1.29, 1.82) is 0 Å². The van der Waals surface area contributed by atoms with E-state index in [1.807, 2.05) is 13.0 Å². The number of carbonyl (C=O) groups is 2. The number of hydrogen-bond acceptors (Lipinski definition) is 8. The molecule has 1 saturated heterocycles. The number of ether oxygens (including phenoxy) is 5. The molecule has 39 heavy (non-hydrogen) atoms. The van der Waals surface area contributed by atoms with E-state index in [0.717, 1.165) is 45.3 Å². The predicted octanol–water partition coefficient (Wildman–Crippen LogP) is 5.03. The van der Waals surface area contributed by atoms with Gasteiger partial charge in [-0.2, -0.15) is 0 Å². The SMILES string of the molecule is CCC(=O)OC1CC(=O)OC(C)CCN(CCc2ccccc2)CCC(C)CC(CC(OC)OC)CC1OC. The maximum atomic E-state index is 12.9. The van der Waals surface area contributed by atoms with Crippen molar-refractivity contribution in [3.8, 4) is 0 Å². The number of benzene rings is 1. The zero-order chi connectivity index (χ0) is 28.6. The van der Waals surface area contributed by atoms with Crippen molar-refractivity contribution in [3.05, 3.63) is 35.9 Å². The molecular formula is C31H51NO7. The minimum atomic E-state index is -0.712. The van der Waals surface area contributed by atoms with Gasteiger partial charge in [0.15, 0.2) is 6.29 Å². The average molecular weight is 550 g/mol. The molecule has 0 bridgehead atoms. The summed E-state index contributed by atoms with van der Waals surface area (Å²) in [5.41, 5.74) is 1.32. The number of methoxy groups -OCH3 is 3. The largest absolute Gasteiger partial charge is 0.463 e. The fraction of sp³-hybridized carbons (Fsp3) is 0.742. The molecule has 0 aliphatic carbocycles. The van der Waals surface area contributed by atoms with Gasteiger partial charge in [-0.3, -0.25) is 9.59 Å². The van der Waals surface area contributed by atoms with Crippen LogP contribution in [-0.2, 0) is 39.7 Å². The Morgan fingerprint density at radius 3 is 2.36 bits per heavy atom.